The summed E-state index contributed by atoms with van der Waals surface area (Å²) in [6.07, 6.45) is 7.17. The molecule has 1 heterocycles. The normalized spacial score (nSPS) is 11.3. The molecule has 4 heteroatoms. The molecule has 0 fully saturated rings. The molecule has 0 aromatic carbocycles. The largest absolute Gasteiger partial charge is 0.316 e. The van der Waals surface area contributed by atoms with Crippen LogP contribution in [0.25, 0.3) is 0 Å². The van der Waals surface area contributed by atoms with Gasteiger partial charge in [0.15, 0.2) is 0 Å². The van der Waals surface area contributed by atoms with Crippen LogP contribution in [0.3, 0.4) is 0 Å². The summed E-state index contributed by atoms with van der Waals surface area (Å²) in [6.45, 7) is 8.81. The van der Waals surface area contributed by atoms with Crippen molar-refractivity contribution >= 4 is 11.3 Å². The van der Waals surface area contributed by atoms with Crippen LogP contribution in [0.2, 0.25) is 0 Å². The molecule has 0 aliphatic rings. The monoisotopic (exact) mass is 269 g/mol. The Morgan fingerprint density at radius 1 is 1.00 bits per heavy atom. The zero-order chi connectivity index (χ0) is 13.2. The van der Waals surface area contributed by atoms with E-state index in [0.717, 1.165) is 19.5 Å². The van der Waals surface area contributed by atoms with Gasteiger partial charge in [-0.1, -0.05) is 33.6 Å². The highest BCUT2D eigenvalue weighted by Gasteiger charge is 2.15. The summed E-state index contributed by atoms with van der Waals surface area (Å²) in [6, 6.07) is 0. The van der Waals surface area contributed by atoms with Gasteiger partial charge in [-0.05, 0) is 25.8 Å². The molecule has 3 nitrogen and oxygen atoms in total. The average molecular weight is 269 g/mol. The number of nitrogens with one attached hydrogen (secondary N) is 1. The lowest BCUT2D eigenvalue weighted by Gasteiger charge is -2.10. The van der Waals surface area contributed by atoms with E-state index in [0.29, 0.717) is 5.92 Å². The van der Waals surface area contributed by atoms with E-state index in [4.69, 9.17) is 0 Å². The van der Waals surface area contributed by atoms with Gasteiger partial charge in [0.25, 0.3) is 0 Å². The summed E-state index contributed by atoms with van der Waals surface area (Å²) in [4.78, 5) is 0. The van der Waals surface area contributed by atoms with Gasteiger partial charge in [0.1, 0.15) is 10.0 Å². The summed E-state index contributed by atoms with van der Waals surface area (Å²) < 4.78 is 0. The molecule has 0 amide bonds. The first-order valence-corrected chi connectivity index (χ1v) is 8.16. The smallest absolute Gasteiger partial charge is 0.120 e. The molecule has 0 radical (unpaired) electrons. The predicted octanol–water partition coefficient (Wildman–Crippen LogP) is 3.76. The molecule has 0 unspecified atom stereocenters. The van der Waals surface area contributed by atoms with Gasteiger partial charge in [-0.25, -0.2) is 0 Å². The first kappa shape index (κ1) is 15.6. The Morgan fingerprint density at radius 2 is 1.72 bits per heavy atom. The highest BCUT2D eigenvalue weighted by atomic mass is 32.1. The van der Waals surface area contributed by atoms with E-state index >= 15 is 0 Å². The van der Waals surface area contributed by atoms with Gasteiger partial charge in [-0.3, -0.25) is 0 Å². The van der Waals surface area contributed by atoms with Crippen LogP contribution in [-0.4, -0.2) is 23.3 Å². The van der Waals surface area contributed by atoms with Crippen molar-refractivity contribution in [3.8, 4) is 0 Å². The van der Waals surface area contributed by atoms with E-state index in [1.165, 1.54) is 42.1 Å². The minimum atomic E-state index is 0.634. The van der Waals surface area contributed by atoms with Crippen molar-refractivity contribution in [1.82, 2.24) is 15.5 Å². The van der Waals surface area contributed by atoms with Crippen molar-refractivity contribution in [2.45, 2.75) is 65.2 Å². The van der Waals surface area contributed by atoms with Crippen molar-refractivity contribution in [3.05, 3.63) is 10.0 Å². The number of nitrogens with zero attached hydrogens (tertiary/aromatic N) is 2. The Bertz CT molecular complexity index is 306. The number of aromatic nitrogens is 2. The Hall–Kier alpha value is -0.480. The van der Waals surface area contributed by atoms with Crippen LogP contribution in [0, 0.1) is 0 Å². The zero-order valence-corrected chi connectivity index (χ0v) is 12.9. The van der Waals surface area contributed by atoms with Gasteiger partial charge < -0.3 is 5.32 Å². The van der Waals surface area contributed by atoms with Crippen molar-refractivity contribution in [2.24, 2.45) is 0 Å². The standard InChI is InChI=1S/C14H27N3S/c1-4-7-12(8-5-2)14-17-16-13(18-14)9-11-15-10-6-3/h12,15H,4-11H2,1-3H3. The van der Waals surface area contributed by atoms with E-state index in [1.54, 1.807) is 0 Å². The Morgan fingerprint density at radius 3 is 2.33 bits per heavy atom. The fourth-order valence-electron chi connectivity index (χ4n) is 2.12. The maximum atomic E-state index is 4.39. The fourth-order valence-corrected chi connectivity index (χ4v) is 3.13. The summed E-state index contributed by atoms with van der Waals surface area (Å²) in [5, 5.41) is 14.6. The SMILES string of the molecule is CCCNCCc1nnc(C(CCC)CCC)s1. The highest BCUT2D eigenvalue weighted by Crippen LogP contribution is 2.28. The number of hydrogen-bond acceptors (Lipinski definition) is 4. The molecule has 0 saturated carbocycles. The molecule has 1 N–H and O–H groups in total. The summed E-state index contributed by atoms with van der Waals surface area (Å²) in [5.74, 6) is 0.634. The Labute approximate surface area is 115 Å². The Balaban J connectivity index is 2.44. The zero-order valence-electron chi connectivity index (χ0n) is 12.0. The third-order valence-electron chi connectivity index (χ3n) is 3.05. The minimum Gasteiger partial charge on any atom is -0.316 e. The molecular weight excluding hydrogens is 242 g/mol. The van der Waals surface area contributed by atoms with Crippen molar-refractivity contribution < 1.29 is 0 Å². The number of hydrogen-bond donors (Lipinski definition) is 1. The topological polar surface area (TPSA) is 37.8 Å². The maximum absolute atomic E-state index is 4.39. The molecule has 0 bridgehead atoms. The molecular formula is C14H27N3S. The maximum Gasteiger partial charge on any atom is 0.120 e. The highest BCUT2D eigenvalue weighted by molar-refractivity contribution is 7.11. The molecule has 0 atom stereocenters. The quantitative estimate of drug-likeness (QED) is 0.657. The number of rotatable bonds is 10. The van der Waals surface area contributed by atoms with Gasteiger partial charge in [-0.15, -0.1) is 21.5 Å². The van der Waals surface area contributed by atoms with Crippen molar-refractivity contribution in [3.63, 3.8) is 0 Å². The lowest BCUT2D eigenvalue weighted by molar-refractivity contribution is 0.554. The second kappa shape index (κ2) is 9.45. The first-order valence-electron chi connectivity index (χ1n) is 7.34. The van der Waals surface area contributed by atoms with Crippen LogP contribution in [0.5, 0.6) is 0 Å². The fraction of sp³-hybridized carbons (Fsp3) is 0.857. The molecule has 0 aliphatic carbocycles. The lowest BCUT2D eigenvalue weighted by atomic mass is 9.99. The van der Waals surface area contributed by atoms with Gasteiger partial charge in [0.05, 0.1) is 0 Å². The molecule has 1 aromatic heterocycles. The van der Waals surface area contributed by atoms with Gasteiger partial charge >= 0.3 is 0 Å². The molecule has 0 saturated heterocycles. The summed E-state index contributed by atoms with van der Waals surface area (Å²) >= 11 is 1.82. The summed E-state index contributed by atoms with van der Waals surface area (Å²) in [7, 11) is 0. The molecule has 0 aliphatic heterocycles. The second-order valence-electron chi connectivity index (χ2n) is 4.81. The van der Waals surface area contributed by atoms with E-state index in [2.05, 4.69) is 36.3 Å². The Kier molecular flexibility index (Phi) is 8.18. The minimum absolute atomic E-state index is 0.634. The third-order valence-corrected chi connectivity index (χ3v) is 4.19. The van der Waals surface area contributed by atoms with Gasteiger partial charge in [0.2, 0.25) is 0 Å². The van der Waals surface area contributed by atoms with E-state index < -0.39 is 0 Å². The van der Waals surface area contributed by atoms with Crippen LogP contribution >= 0.6 is 11.3 Å². The average Bonchev–Trinajstić information content (AvgIpc) is 2.83. The van der Waals surface area contributed by atoms with E-state index in [9.17, 15) is 0 Å². The van der Waals surface area contributed by atoms with Crippen LogP contribution in [0.15, 0.2) is 0 Å². The van der Waals surface area contributed by atoms with Gasteiger partial charge in [0, 0.05) is 18.9 Å². The van der Waals surface area contributed by atoms with Crippen molar-refractivity contribution in [1.29, 1.82) is 0 Å². The van der Waals surface area contributed by atoms with Crippen LogP contribution < -0.4 is 5.32 Å². The molecule has 18 heavy (non-hydrogen) atoms. The lowest BCUT2D eigenvalue weighted by Crippen LogP contribution is -2.17. The summed E-state index contributed by atoms with van der Waals surface area (Å²) in [5.41, 5.74) is 0. The van der Waals surface area contributed by atoms with Crippen LogP contribution in [0.4, 0.5) is 0 Å². The molecule has 104 valence electrons. The second-order valence-corrected chi connectivity index (χ2v) is 5.90. The molecule has 1 rings (SSSR count). The third kappa shape index (κ3) is 5.44. The molecule has 0 spiro atoms. The van der Waals surface area contributed by atoms with Crippen LogP contribution in [-0.2, 0) is 6.42 Å². The van der Waals surface area contributed by atoms with Crippen LogP contribution in [0.1, 0.15) is 68.8 Å². The molecule has 1 aromatic rings. The van der Waals surface area contributed by atoms with Crippen molar-refractivity contribution in [2.75, 3.05) is 13.1 Å². The van der Waals surface area contributed by atoms with Gasteiger partial charge in [-0.2, -0.15) is 0 Å². The predicted molar refractivity (Wildman–Crippen MR) is 79.3 cm³/mol. The van der Waals surface area contributed by atoms with E-state index in [-0.39, 0.29) is 0 Å². The van der Waals surface area contributed by atoms with E-state index in [1.807, 2.05) is 11.3 Å². The first-order chi connectivity index (χ1) is 8.81.